The molecule has 3 heterocycles. The molecule has 2 unspecified atom stereocenters. The molecule has 3 aliphatic heterocycles. The molecule has 0 amide bonds. The van der Waals surface area contributed by atoms with Crippen molar-refractivity contribution >= 4 is 5.97 Å². The number of hydroxylamine groups is 3. The zero-order chi connectivity index (χ0) is 18.3. The van der Waals surface area contributed by atoms with Crippen LogP contribution < -0.4 is 24.0 Å². The van der Waals surface area contributed by atoms with Crippen molar-refractivity contribution in [1.82, 2.24) is 0 Å². The van der Waals surface area contributed by atoms with Crippen LogP contribution >= 0.6 is 0 Å². The third-order valence-electron chi connectivity index (χ3n) is 8.82. The van der Waals surface area contributed by atoms with Gasteiger partial charge >= 0.3 is 5.97 Å². The summed E-state index contributed by atoms with van der Waals surface area (Å²) in [4.78, 5) is 19.4. The molecule has 0 N–H and O–H groups in total. The molecule has 4 fully saturated rings. The molecular weight excluding hydrogens is 453 g/mol. The monoisotopic (exact) mass is 487 g/mol. The van der Waals surface area contributed by atoms with Crippen LogP contribution in [0.5, 0.6) is 0 Å². The van der Waals surface area contributed by atoms with Gasteiger partial charge in [0.1, 0.15) is 23.8 Å². The lowest BCUT2D eigenvalue weighted by atomic mass is 9.60. The summed E-state index contributed by atoms with van der Waals surface area (Å²) in [5.74, 6) is 1.31. The number of ether oxygens (including phenoxy) is 1. The number of halogens is 1. The number of quaternary nitrogens is 1. The number of allylic oxidation sites excluding steroid dienone is 1. The lowest BCUT2D eigenvalue weighted by Gasteiger charge is -2.45. The highest BCUT2D eigenvalue weighted by Crippen LogP contribution is 2.56. The average molecular weight is 487 g/mol. The number of hydrogen-bond donors (Lipinski definition) is 0. The fourth-order valence-electron chi connectivity index (χ4n) is 7.09. The summed E-state index contributed by atoms with van der Waals surface area (Å²) < 4.78 is 6.48. The Bertz CT molecular complexity index is 662. The highest BCUT2D eigenvalue weighted by atomic mass is 127. The number of rotatable bonds is 1. The summed E-state index contributed by atoms with van der Waals surface area (Å²) in [6.45, 7) is 6.82. The number of hydrogen-bond acceptors (Lipinski definition) is 3. The molecule has 0 spiro atoms. The molecule has 152 valence electrons. The van der Waals surface area contributed by atoms with Crippen molar-refractivity contribution in [1.29, 1.82) is 0 Å². The van der Waals surface area contributed by atoms with Crippen LogP contribution in [0.4, 0.5) is 0 Å². The number of esters is 1. The smallest absolute Gasteiger partial charge is 0.313 e. The van der Waals surface area contributed by atoms with Crippen LogP contribution in [0, 0.1) is 23.7 Å². The van der Waals surface area contributed by atoms with E-state index in [4.69, 9.17) is 9.57 Å². The van der Waals surface area contributed by atoms with Crippen LogP contribution in [0.3, 0.4) is 0 Å². The van der Waals surface area contributed by atoms with Gasteiger partial charge in [-0.1, -0.05) is 18.1 Å². The second-order valence-corrected chi connectivity index (χ2v) is 10.3. The first-order valence-corrected chi connectivity index (χ1v) is 10.8. The second-order valence-electron chi connectivity index (χ2n) is 10.3. The Hall–Kier alpha value is -0.140. The van der Waals surface area contributed by atoms with Crippen molar-refractivity contribution < 1.29 is 43.0 Å². The third-order valence-corrected chi connectivity index (χ3v) is 8.82. The maximum absolute atomic E-state index is 12.5. The Morgan fingerprint density at radius 2 is 1.96 bits per heavy atom. The van der Waals surface area contributed by atoms with Gasteiger partial charge in [0.25, 0.3) is 0 Å². The SMILES string of the molecule is C[C@@H]1OC(=O)[C@H]2C=C3CCCC[C@@H]3[C@@H]([C@@H]3CC4CCC(C)(C)[N+]4(C)O3)[C@@H]12.[I-]. The van der Waals surface area contributed by atoms with Gasteiger partial charge in [-0.05, 0) is 46.0 Å². The molecule has 5 rings (SSSR count). The van der Waals surface area contributed by atoms with Gasteiger partial charge in [0.15, 0.2) is 0 Å². The molecule has 27 heavy (non-hydrogen) atoms. The standard InChI is InChI=1S/C22H34NO3.HI/c1-13-19-17(21(24)25-13)11-14-7-5-6-8-16(14)20(19)18-12-15-9-10-22(2,3)23(15,4)26-18;/h11,13,15-20H,5-10,12H2,1-4H3;1H/q+1;/p-1/t13-,15?,16-,17-,18-,19-,20-,23?;/m0./s1. The van der Waals surface area contributed by atoms with Crippen LogP contribution in [0.2, 0.25) is 0 Å². The summed E-state index contributed by atoms with van der Waals surface area (Å²) in [6.07, 6.45) is 11.3. The van der Waals surface area contributed by atoms with Crippen molar-refractivity contribution in [3.8, 4) is 0 Å². The number of carbonyl (C=O) groups is 1. The first kappa shape index (κ1) is 20.1. The number of cyclic esters (lactones) is 1. The zero-order valence-electron chi connectivity index (χ0n) is 17.1. The van der Waals surface area contributed by atoms with Gasteiger partial charge in [0, 0.05) is 31.1 Å². The van der Waals surface area contributed by atoms with E-state index in [0.29, 0.717) is 23.8 Å². The van der Waals surface area contributed by atoms with Gasteiger partial charge in [-0.3, -0.25) is 4.79 Å². The van der Waals surface area contributed by atoms with Gasteiger partial charge in [-0.25, -0.2) is 0 Å². The highest BCUT2D eigenvalue weighted by molar-refractivity contribution is 5.78. The van der Waals surface area contributed by atoms with Crippen molar-refractivity contribution in [2.24, 2.45) is 23.7 Å². The fraction of sp³-hybridized carbons (Fsp3) is 0.864. The minimum absolute atomic E-state index is 0. The predicted molar refractivity (Wildman–Crippen MR) is 98.8 cm³/mol. The minimum Gasteiger partial charge on any atom is -1.00 e. The molecule has 0 radical (unpaired) electrons. The zero-order valence-corrected chi connectivity index (χ0v) is 19.3. The van der Waals surface area contributed by atoms with E-state index in [1.54, 1.807) is 0 Å². The maximum atomic E-state index is 12.5. The van der Waals surface area contributed by atoms with Gasteiger partial charge in [-0.15, -0.1) is 0 Å². The van der Waals surface area contributed by atoms with Crippen molar-refractivity contribution in [2.45, 2.75) is 89.5 Å². The molecule has 0 aromatic carbocycles. The fourth-order valence-corrected chi connectivity index (χ4v) is 7.09. The molecule has 8 atom stereocenters. The Balaban J connectivity index is 0.00000180. The van der Waals surface area contributed by atoms with Crippen LogP contribution in [-0.2, 0) is 14.4 Å². The maximum Gasteiger partial charge on any atom is 0.313 e. The van der Waals surface area contributed by atoms with Crippen molar-refractivity contribution in [2.75, 3.05) is 7.05 Å². The normalized spacial score (nSPS) is 50.1. The molecule has 0 aromatic heterocycles. The minimum atomic E-state index is -0.0308. The Morgan fingerprint density at radius 1 is 1.19 bits per heavy atom. The van der Waals surface area contributed by atoms with E-state index in [1.165, 1.54) is 44.1 Å². The van der Waals surface area contributed by atoms with E-state index in [0.717, 1.165) is 11.1 Å². The quantitative estimate of drug-likeness (QED) is 0.240. The van der Waals surface area contributed by atoms with Gasteiger partial charge in [0.05, 0.1) is 13.0 Å². The summed E-state index contributed by atoms with van der Waals surface area (Å²) >= 11 is 0. The van der Waals surface area contributed by atoms with Gasteiger partial charge in [0.2, 0.25) is 0 Å². The van der Waals surface area contributed by atoms with E-state index in [2.05, 4.69) is 33.9 Å². The van der Waals surface area contributed by atoms with Crippen LogP contribution in [0.25, 0.3) is 0 Å². The second kappa shape index (κ2) is 6.69. The topological polar surface area (TPSA) is 35.5 Å². The van der Waals surface area contributed by atoms with Gasteiger partial charge < -0.3 is 28.7 Å². The molecule has 1 saturated carbocycles. The van der Waals surface area contributed by atoms with Crippen LogP contribution in [-0.4, -0.2) is 41.5 Å². The summed E-state index contributed by atoms with van der Waals surface area (Å²) in [7, 11) is 2.30. The lowest BCUT2D eigenvalue weighted by molar-refractivity contribution is -1.12. The summed E-state index contributed by atoms with van der Waals surface area (Å²) in [5, 5.41) is 0. The third kappa shape index (κ3) is 2.77. The van der Waals surface area contributed by atoms with E-state index < -0.39 is 0 Å². The largest absolute Gasteiger partial charge is 1.00 e. The molecule has 5 aliphatic rings. The molecule has 4 nitrogen and oxygen atoms in total. The highest BCUT2D eigenvalue weighted by Gasteiger charge is 2.64. The van der Waals surface area contributed by atoms with Crippen molar-refractivity contribution in [3.05, 3.63) is 11.6 Å². The number of nitrogens with zero attached hydrogens (tertiary/aromatic N) is 1. The predicted octanol–water partition coefficient (Wildman–Crippen LogP) is 1.01. The average Bonchev–Trinajstić information content (AvgIpc) is 3.16. The van der Waals surface area contributed by atoms with E-state index >= 15 is 0 Å². The molecule has 2 aliphatic carbocycles. The Labute approximate surface area is 180 Å². The number of fused-ring (bicyclic) bond motifs is 3. The summed E-state index contributed by atoms with van der Waals surface area (Å²) in [5.41, 5.74) is 1.72. The molecule has 3 saturated heterocycles. The first-order chi connectivity index (χ1) is 12.3. The summed E-state index contributed by atoms with van der Waals surface area (Å²) in [6, 6.07) is 0.611. The lowest BCUT2D eigenvalue weighted by Crippen LogP contribution is -3.00. The van der Waals surface area contributed by atoms with Crippen LogP contribution in [0.15, 0.2) is 11.6 Å². The molecule has 0 bridgehead atoms. The molecule has 5 heteroatoms. The Kier molecular flexibility index (Phi) is 5.00. The first-order valence-electron chi connectivity index (χ1n) is 10.8. The van der Waals surface area contributed by atoms with E-state index in [-0.39, 0.29) is 53.6 Å². The Morgan fingerprint density at radius 3 is 2.70 bits per heavy atom. The van der Waals surface area contributed by atoms with E-state index in [9.17, 15) is 4.79 Å². The van der Waals surface area contributed by atoms with Crippen LogP contribution in [0.1, 0.15) is 65.7 Å². The number of carbonyl (C=O) groups excluding carboxylic acids is 1. The molecular formula is C22H34INO3. The molecule has 0 aromatic rings. The van der Waals surface area contributed by atoms with E-state index in [1.807, 2.05) is 0 Å². The van der Waals surface area contributed by atoms with Gasteiger partial charge in [-0.2, -0.15) is 9.48 Å². The van der Waals surface area contributed by atoms with Crippen molar-refractivity contribution in [3.63, 3.8) is 0 Å².